The molecule has 0 aliphatic carbocycles. The van der Waals surface area contributed by atoms with Crippen LogP contribution in [0.3, 0.4) is 0 Å². The van der Waals surface area contributed by atoms with Gasteiger partial charge in [-0.2, -0.15) is 14.8 Å². The summed E-state index contributed by atoms with van der Waals surface area (Å²) in [6.45, 7) is 4.91. The van der Waals surface area contributed by atoms with Crippen LogP contribution in [0.15, 0.2) is 55.5 Å². The van der Waals surface area contributed by atoms with E-state index in [9.17, 15) is 9.90 Å². The van der Waals surface area contributed by atoms with E-state index in [1.165, 1.54) is 6.08 Å². The Morgan fingerprint density at radius 2 is 2.24 bits per heavy atom. The minimum absolute atomic E-state index is 0.0298. The highest BCUT2D eigenvalue weighted by Gasteiger charge is 2.35. The van der Waals surface area contributed by atoms with Crippen LogP contribution in [-0.4, -0.2) is 78.0 Å². The Morgan fingerprint density at radius 1 is 1.36 bits per heavy atom. The second-order valence-corrected chi connectivity index (χ2v) is 8.43. The highest BCUT2D eigenvalue weighted by atomic mass is 16.3. The van der Waals surface area contributed by atoms with Crippen LogP contribution in [0.1, 0.15) is 18.5 Å². The van der Waals surface area contributed by atoms with Gasteiger partial charge in [-0.25, -0.2) is 4.98 Å². The summed E-state index contributed by atoms with van der Waals surface area (Å²) in [4.78, 5) is 24.4. The first kappa shape index (κ1) is 21.3. The topological polar surface area (TPSA) is 103 Å². The van der Waals surface area contributed by atoms with E-state index in [-0.39, 0.29) is 11.9 Å². The van der Waals surface area contributed by atoms with Crippen LogP contribution in [0.2, 0.25) is 0 Å². The molecule has 2 atom stereocenters. The summed E-state index contributed by atoms with van der Waals surface area (Å²) >= 11 is 0. The lowest BCUT2D eigenvalue weighted by atomic mass is 10.1. The van der Waals surface area contributed by atoms with Gasteiger partial charge in [-0.05, 0) is 48.7 Å². The summed E-state index contributed by atoms with van der Waals surface area (Å²) in [5.41, 5.74) is 4.77. The maximum atomic E-state index is 13.0. The van der Waals surface area contributed by atoms with Crippen molar-refractivity contribution in [3.8, 4) is 11.1 Å². The summed E-state index contributed by atoms with van der Waals surface area (Å²) < 4.78 is 1.62. The Bertz CT molecular complexity index is 1310. The standard InChI is InChI=1S/C24H27N7O2/c1-3-22(32)30-12-5-7-21(30)24(33)29(2)13-9-16-14-18-17(8-11-25-23(18)28-16)19-15-27-31-20(19)6-4-10-26-31/h3-4,6,8,10-11,14-15,21-22,32H,1,5,7,9,12-13H2,2H3,(H,25,28)/t21-,22?/m1/s1. The lowest BCUT2D eigenvalue weighted by molar-refractivity contribution is -0.137. The summed E-state index contributed by atoms with van der Waals surface area (Å²) in [6, 6.07) is 7.67. The van der Waals surface area contributed by atoms with Gasteiger partial charge in [0.15, 0.2) is 0 Å². The molecule has 1 aliphatic heterocycles. The number of carbonyl (C=O) groups excluding carboxylic acids is 1. The van der Waals surface area contributed by atoms with Gasteiger partial charge in [-0.3, -0.25) is 9.69 Å². The van der Waals surface area contributed by atoms with E-state index in [2.05, 4.69) is 32.8 Å². The average molecular weight is 446 g/mol. The molecule has 0 radical (unpaired) electrons. The number of hydrogen-bond donors (Lipinski definition) is 2. The molecule has 5 rings (SSSR count). The zero-order valence-corrected chi connectivity index (χ0v) is 18.6. The minimum Gasteiger partial charge on any atom is -0.375 e. The van der Waals surface area contributed by atoms with Crippen LogP contribution in [0.4, 0.5) is 0 Å². The van der Waals surface area contributed by atoms with Gasteiger partial charge < -0.3 is 15.0 Å². The molecule has 1 unspecified atom stereocenters. The summed E-state index contributed by atoms with van der Waals surface area (Å²) in [5.74, 6) is 0.0298. The number of H-pyrrole nitrogens is 1. The number of carbonyl (C=O) groups is 1. The van der Waals surface area contributed by atoms with Gasteiger partial charge in [-0.1, -0.05) is 6.58 Å². The predicted molar refractivity (Wildman–Crippen MR) is 125 cm³/mol. The SMILES string of the molecule is C=CC(O)N1CCC[C@@H]1C(=O)N(C)CCc1cc2c(-c3cnn4ncccc34)ccnc2[nH]1. The number of aliphatic hydroxyl groups excluding tert-OH is 1. The number of nitrogens with zero attached hydrogens (tertiary/aromatic N) is 6. The normalized spacial score (nSPS) is 17.6. The van der Waals surface area contributed by atoms with Gasteiger partial charge in [0.25, 0.3) is 0 Å². The first-order valence-corrected chi connectivity index (χ1v) is 11.1. The monoisotopic (exact) mass is 445 g/mol. The Balaban J connectivity index is 1.34. The largest absolute Gasteiger partial charge is 0.375 e. The first-order chi connectivity index (χ1) is 16.1. The summed E-state index contributed by atoms with van der Waals surface area (Å²) in [6.07, 6.45) is 8.32. The van der Waals surface area contributed by atoms with Gasteiger partial charge in [0.05, 0.1) is 17.8 Å². The van der Waals surface area contributed by atoms with Crippen LogP contribution in [0, 0.1) is 0 Å². The first-order valence-electron chi connectivity index (χ1n) is 11.1. The quantitative estimate of drug-likeness (QED) is 0.423. The molecule has 1 amide bonds. The zero-order valence-electron chi connectivity index (χ0n) is 18.6. The van der Waals surface area contributed by atoms with E-state index in [0.717, 1.165) is 46.2 Å². The molecule has 2 N–H and O–H groups in total. The van der Waals surface area contributed by atoms with Gasteiger partial charge in [-0.15, -0.1) is 0 Å². The van der Waals surface area contributed by atoms with E-state index in [1.54, 1.807) is 21.9 Å². The fourth-order valence-electron chi connectivity index (χ4n) is 4.65. The number of nitrogens with one attached hydrogen (secondary N) is 1. The van der Waals surface area contributed by atoms with E-state index >= 15 is 0 Å². The van der Waals surface area contributed by atoms with Gasteiger partial charge in [0, 0.05) is 55.6 Å². The van der Waals surface area contributed by atoms with E-state index in [1.807, 2.05) is 36.3 Å². The second kappa shape index (κ2) is 8.76. The molecule has 5 heterocycles. The van der Waals surface area contributed by atoms with Crippen LogP contribution in [0.5, 0.6) is 0 Å². The number of likely N-dealkylation sites (N-methyl/N-ethyl adjacent to an activating group) is 1. The van der Waals surface area contributed by atoms with Crippen LogP contribution < -0.4 is 0 Å². The number of amides is 1. The number of fused-ring (bicyclic) bond motifs is 2. The van der Waals surface area contributed by atoms with Crippen LogP contribution >= 0.6 is 0 Å². The number of hydrogen-bond acceptors (Lipinski definition) is 6. The van der Waals surface area contributed by atoms with Crippen LogP contribution in [0.25, 0.3) is 27.7 Å². The Labute approximate surface area is 191 Å². The molecular weight excluding hydrogens is 418 g/mol. The van der Waals surface area contributed by atoms with E-state index in [0.29, 0.717) is 19.5 Å². The van der Waals surface area contributed by atoms with Gasteiger partial charge in [0.1, 0.15) is 11.9 Å². The smallest absolute Gasteiger partial charge is 0.239 e. The lowest BCUT2D eigenvalue weighted by Crippen LogP contribution is -2.48. The fourth-order valence-corrected chi connectivity index (χ4v) is 4.65. The molecule has 9 heteroatoms. The van der Waals surface area contributed by atoms with Gasteiger partial charge in [0.2, 0.25) is 5.91 Å². The molecular formula is C24H27N7O2. The molecule has 0 aromatic carbocycles. The summed E-state index contributed by atoms with van der Waals surface area (Å²) in [7, 11) is 1.82. The third-order valence-electron chi connectivity index (χ3n) is 6.40. The molecule has 1 saturated heterocycles. The molecule has 0 bridgehead atoms. The molecule has 0 spiro atoms. The van der Waals surface area contributed by atoms with Crippen LogP contribution in [-0.2, 0) is 11.2 Å². The molecule has 9 nitrogen and oxygen atoms in total. The fraction of sp³-hybridized carbons (Fsp3) is 0.333. The van der Waals surface area contributed by atoms with E-state index < -0.39 is 6.23 Å². The number of aromatic nitrogens is 5. The number of aromatic amines is 1. The van der Waals surface area contributed by atoms with Crippen molar-refractivity contribution in [1.29, 1.82) is 0 Å². The second-order valence-electron chi connectivity index (χ2n) is 8.43. The maximum absolute atomic E-state index is 13.0. The number of pyridine rings is 1. The van der Waals surface area contributed by atoms with E-state index in [4.69, 9.17) is 0 Å². The Kier molecular flexibility index (Phi) is 5.65. The third-order valence-corrected chi connectivity index (χ3v) is 6.40. The van der Waals surface area contributed by atoms with Crippen molar-refractivity contribution in [1.82, 2.24) is 34.6 Å². The third kappa shape index (κ3) is 3.90. The van der Waals surface area contributed by atoms with Crippen molar-refractivity contribution in [2.45, 2.75) is 31.5 Å². The number of aliphatic hydroxyl groups is 1. The Hall–Kier alpha value is -3.56. The highest BCUT2D eigenvalue weighted by molar-refractivity contribution is 5.97. The number of rotatable bonds is 7. The lowest BCUT2D eigenvalue weighted by Gasteiger charge is -2.29. The average Bonchev–Trinajstić information content (AvgIpc) is 3.58. The van der Waals surface area contributed by atoms with Gasteiger partial charge >= 0.3 is 0 Å². The predicted octanol–water partition coefficient (Wildman–Crippen LogP) is 2.24. The molecule has 0 saturated carbocycles. The molecule has 1 aliphatic rings. The van der Waals surface area contributed by atoms with Crippen molar-refractivity contribution in [2.24, 2.45) is 0 Å². The molecule has 4 aromatic heterocycles. The maximum Gasteiger partial charge on any atom is 0.239 e. The summed E-state index contributed by atoms with van der Waals surface area (Å²) in [5, 5.41) is 19.7. The van der Waals surface area contributed by atoms with Crippen molar-refractivity contribution in [3.63, 3.8) is 0 Å². The minimum atomic E-state index is -0.789. The Morgan fingerprint density at radius 3 is 3.09 bits per heavy atom. The van der Waals surface area contributed by atoms with Crippen molar-refractivity contribution in [2.75, 3.05) is 20.1 Å². The van der Waals surface area contributed by atoms with Crippen molar-refractivity contribution < 1.29 is 9.90 Å². The molecule has 33 heavy (non-hydrogen) atoms. The van der Waals surface area contributed by atoms with Crippen molar-refractivity contribution in [3.05, 3.63) is 61.2 Å². The van der Waals surface area contributed by atoms with Crippen molar-refractivity contribution >= 4 is 22.5 Å². The highest BCUT2D eigenvalue weighted by Crippen LogP contribution is 2.31. The molecule has 1 fully saturated rings. The molecule has 4 aromatic rings. The molecule has 170 valence electrons. The number of likely N-dealkylation sites (tertiary alicyclic amines) is 1. The zero-order chi connectivity index (χ0) is 22.9.